The molecule has 1 N–H and O–H groups in total. The first kappa shape index (κ1) is 23.2. The maximum Gasteiger partial charge on any atom is 0.245 e. The van der Waals surface area contributed by atoms with E-state index in [1.54, 1.807) is 18.2 Å². The van der Waals surface area contributed by atoms with Crippen LogP contribution >= 0.6 is 11.6 Å². The number of phenolic OH excluding ortho intramolecular Hbond substituents is 1. The highest BCUT2D eigenvalue weighted by Gasteiger charge is 2.49. The molecule has 2 fully saturated rings. The number of fused-ring (bicyclic) bond motifs is 1. The molecule has 0 radical (unpaired) electrons. The van der Waals surface area contributed by atoms with Crippen molar-refractivity contribution in [2.24, 2.45) is 5.41 Å². The Bertz CT molecular complexity index is 1140. The summed E-state index contributed by atoms with van der Waals surface area (Å²) >= 11 is 6.67. The zero-order chi connectivity index (χ0) is 24.0. The molecule has 2 aromatic rings. The van der Waals surface area contributed by atoms with Gasteiger partial charge in [-0.05, 0) is 73.7 Å². The van der Waals surface area contributed by atoms with Crippen molar-refractivity contribution >= 4 is 23.3 Å². The average Bonchev–Trinajstić information content (AvgIpc) is 3.25. The molecule has 34 heavy (non-hydrogen) atoms. The van der Waals surface area contributed by atoms with Crippen LogP contribution in [0.4, 0.5) is 5.82 Å². The van der Waals surface area contributed by atoms with Gasteiger partial charge >= 0.3 is 0 Å². The topological polar surface area (TPSA) is 59.9 Å². The number of aromatic nitrogens is 1. The highest BCUT2D eigenvalue weighted by atomic mass is 35.5. The number of carbonyl (C=O) groups excluding carboxylic acids is 1. The Morgan fingerprint density at radius 1 is 1.29 bits per heavy atom. The molecule has 0 saturated carbocycles. The van der Waals surface area contributed by atoms with E-state index in [1.165, 1.54) is 11.6 Å². The summed E-state index contributed by atoms with van der Waals surface area (Å²) in [5, 5.41) is 10.9. The van der Waals surface area contributed by atoms with Crippen molar-refractivity contribution in [3.63, 3.8) is 0 Å². The summed E-state index contributed by atoms with van der Waals surface area (Å²) in [5.41, 5.74) is 5.62. The molecule has 3 aliphatic rings. The maximum absolute atomic E-state index is 12.0. The van der Waals surface area contributed by atoms with Crippen molar-refractivity contribution in [2.45, 2.75) is 39.7 Å². The monoisotopic (exact) mass is 480 g/mol. The van der Waals surface area contributed by atoms with Crippen LogP contribution in [-0.2, 0) is 17.8 Å². The average molecular weight is 481 g/mol. The highest BCUT2D eigenvalue weighted by Crippen LogP contribution is 2.45. The van der Waals surface area contributed by atoms with E-state index in [0.29, 0.717) is 5.02 Å². The third kappa shape index (κ3) is 3.97. The number of pyridine rings is 1. The molecule has 1 spiro atoms. The fourth-order valence-electron chi connectivity index (χ4n) is 6.03. The number of halogens is 1. The summed E-state index contributed by atoms with van der Waals surface area (Å²) in [6, 6.07) is 5.19. The summed E-state index contributed by atoms with van der Waals surface area (Å²) in [6.07, 6.45) is 4.50. The Balaban J connectivity index is 1.54. The molecule has 6 nitrogen and oxygen atoms in total. The zero-order valence-electron chi connectivity index (χ0n) is 20.1. The predicted octanol–water partition coefficient (Wildman–Crippen LogP) is 4.41. The quantitative estimate of drug-likeness (QED) is 0.642. The lowest BCUT2D eigenvalue weighted by molar-refractivity contribution is -0.136. The van der Waals surface area contributed by atoms with Gasteiger partial charge < -0.3 is 14.9 Å². The number of amides is 1. The number of benzene rings is 1. The molecular formula is C27H33ClN4O2. The molecule has 0 unspecified atom stereocenters. The molecule has 5 rings (SSSR count). The second kappa shape index (κ2) is 8.90. The van der Waals surface area contributed by atoms with E-state index in [-0.39, 0.29) is 17.1 Å². The number of aromatic hydroxyl groups is 1. The molecular weight excluding hydrogens is 448 g/mol. The molecule has 0 aliphatic carbocycles. The minimum absolute atomic E-state index is 0.0176. The van der Waals surface area contributed by atoms with Gasteiger partial charge in [0, 0.05) is 55.3 Å². The minimum atomic E-state index is 0.0176. The normalized spacial score (nSPS) is 19.3. The van der Waals surface area contributed by atoms with E-state index in [0.717, 1.165) is 93.3 Å². The van der Waals surface area contributed by atoms with E-state index < -0.39 is 0 Å². The second-order valence-electron chi connectivity index (χ2n) is 10.1. The first-order chi connectivity index (χ1) is 16.3. The second-order valence-corrected chi connectivity index (χ2v) is 10.5. The van der Waals surface area contributed by atoms with Gasteiger partial charge in [0.25, 0.3) is 0 Å². The smallest absolute Gasteiger partial charge is 0.245 e. The molecule has 7 heteroatoms. The first-order valence-electron chi connectivity index (χ1n) is 12.2. The molecule has 1 amide bonds. The molecule has 0 atom stereocenters. The zero-order valence-corrected chi connectivity index (χ0v) is 20.9. The van der Waals surface area contributed by atoms with Gasteiger partial charge in [-0.2, -0.15) is 0 Å². The van der Waals surface area contributed by atoms with Gasteiger partial charge in [0.2, 0.25) is 5.91 Å². The van der Waals surface area contributed by atoms with Gasteiger partial charge in [-0.15, -0.1) is 0 Å². The van der Waals surface area contributed by atoms with Gasteiger partial charge in [-0.25, -0.2) is 4.98 Å². The molecule has 4 heterocycles. The van der Waals surface area contributed by atoms with Crippen LogP contribution in [-0.4, -0.2) is 65.1 Å². The minimum Gasteiger partial charge on any atom is -0.508 e. The lowest BCUT2D eigenvalue weighted by Gasteiger charge is -2.47. The fourth-order valence-corrected chi connectivity index (χ4v) is 6.24. The van der Waals surface area contributed by atoms with Crippen LogP contribution in [0.15, 0.2) is 30.9 Å². The lowest BCUT2D eigenvalue weighted by atomic mass is 9.79. The molecule has 180 valence electrons. The molecule has 3 aliphatic heterocycles. The third-order valence-electron chi connectivity index (χ3n) is 7.69. The number of phenols is 1. The van der Waals surface area contributed by atoms with Gasteiger partial charge in [0.15, 0.2) is 0 Å². The largest absolute Gasteiger partial charge is 0.508 e. The number of nitrogens with zero attached hydrogens (tertiary/aromatic N) is 4. The Hall–Kier alpha value is -2.57. The van der Waals surface area contributed by atoms with Crippen LogP contribution in [0.3, 0.4) is 0 Å². The Morgan fingerprint density at radius 3 is 2.82 bits per heavy atom. The predicted molar refractivity (Wildman–Crippen MR) is 136 cm³/mol. The van der Waals surface area contributed by atoms with Crippen molar-refractivity contribution in [3.8, 4) is 16.9 Å². The van der Waals surface area contributed by atoms with E-state index in [1.807, 2.05) is 4.90 Å². The van der Waals surface area contributed by atoms with Crippen molar-refractivity contribution in [3.05, 3.63) is 52.7 Å². The summed E-state index contributed by atoms with van der Waals surface area (Å²) in [5.74, 6) is 1.25. The van der Waals surface area contributed by atoms with Crippen LogP contribution < -0.4 is 4.90 Å². The van der Waals surface area contributed by atoms with E-state index >= 15 is 0 Å². The highest BCUT2D eigenvalue weighted by molar-refractivity contribution is 6.33. The van der Waals surface area contributed by atoms with Crippen LogP contribution in [0.1, 0.15) is 36.6 Å². The van der Waals surface area contributed by atoms with Crippen molar-refractivity contribution in [1.82, 2.24) is 14.8 Å². The van der Waals surface area contributed by atoms with Crippen molar-refractivity contribution < 1.29 is 9.90 Å². The van der Waals surface area contributed by atoms with Crippen LogP contribution in [0.25, 0.3) is 11.1 Å². The van der Waals surface area contributed by atoms with E-state index in [4.69, 9.17) is 16.6 Å². The molecule has 1 aromatic heterocycles. The van der Waals surface area contributed by atoms with Crippen LogP contribution in [0, 0.1) is 12.3 Å². The molecule has 0 bridgehead atoms. The Morgan fingerprint density at radius 2 is 2.09 bits per heavy atom. The third-order valence-corrected chi connectivity index (χ3v) is 8.02. The standard InChI is InChI=1S/C27H33ClN4O2/c1-4-10-30-11-8-20-23(14-30)29-26(18(3)25(20)21-13-19(33)6-7-22(21)28)31-12-9-27(15-31)16-32(17-27)24(34)5-2/h5-7,13,33H,2,4,8-12,14-17H2,1,3H3. The lowest BCUT2D eigenvalue weighted by Crippen LogP contribution is -2.59. The van der Waals surface area contributed by atoms with Crippen LogP contribution in [0.5, 0.6) is 5.75 Å². The van der Waals surface area contributed by atoms with Gasteiger partial charge in [-0.3, -0.25) is 9.69 Å². The van der Waals surface area contributed by atoms with Gasteiger partial charge in [0.1, 0.15) is 11.6 Å². The SMILES string of the molecule is C=CC(=O)N1CC2(CCN(c3nc4c(c(-c5cc(O)ccc5Cl)c3C)CCN(CCC)C4)C2)C1. The van der Waals surface area contributed by atoms with Gasteiger partial charge in [-0.1, -0.05) is 25.1 Å². The molecule has 2 saturated heterocycles. The van der Waals surface area contributed by atoms with Crippen molar-refractivity contribution in [2.75, 3.05) is 44.2 Å². The van der Waals surface area contributed by atoms with Crippen LogP contribution in [0.2, 0.25) is 5.02 Å². The number of likely N-dealkylation sites (tertiary alicyclic amines) is 1. The Labute approximate surface area is 206 Å². The van der Waals surface area contributed by atoms with E-state index in [9.17, 15) is 9.90 Å². The maximum atomic E-state index is 12.0. The van der Waals surface area contributed by atoms with Crippen molar-refractivity contribution in [1.29, 1.82) is 0 Å². The summed E-state index contributed by atoms with van der Waals surface area (Å²) < 4.78 is 0. The summed E-state index contributed by atoms with van der Waals surface area (Å²) in [7, 11) is 0. The van der Waals surface area contributed by atoms with Gasteiger partial charge in [0.05, 0.1) is 5.69 Å². The number of anilines is 1. The molecule has 1 aromatic carbocycles. The number of carbonyl (C=O) groups is 1. The Kier molecular flexibility index (Phi) is 6.07. The number of hydrogen-bond donors (Lipinski definition) is 1. The summed E-state index contributed by atoms with van der Waals surface area (Å²) in [4.78, 5) is 24.0. The number of hydrogen-bond acceptors (Lipinski definition) is 5. The summed E-state index contributed by atoms with van der Waals surface area (Å²) in [6.45, 7) is 14.3. The van der Waals surface area contributed by atoms with E-state index in [2.05, 4.69) is 30.2 Å². The fraction of sp³-hybridized carbons (Fsp3) is 0.481. The number of rotatable bonds is 5. The first-order valence-corrected chi connectivity index (χ1v) is 12.6.